The van der Waals surface area contributed by atoms with Gasteiger partial charge < -0.3 is 0 Å². The van der Waals surface area contributed by atoms with Crippen molar-refractivity contribution in [1.82, 2.24) is 14.8 Å². The van der Waals surface area contributed by atoms with Gasteiger partial charge in [0.15, 0.2) is 0 Å². The molecular weight excluding hydrogens is 327 g/mol. The van der Waals surface area contributed by atoms with Crippen LogP contribution in [-0.2, 0) is 19.3 Å². The summed E-state index contributed by atoms with van der Waals surface area (Å²) in [5.74, 6) is 0. The smallest absolute Gasteiger partial charge is 0.293 e. The molecule has 0 radical (unpaired) electrons. The van der Waals surface area contributed by atoms with Gasteiger partial charge in [0.05, 0.1) is 11.3 Å². The highest BCUT2D eigenvalue weighted by Gasteiger charge is 2.43. The third-order valence-corrected chi connectivity index (χ3v) is 5.20. The fourth-order valence-electron chi connectivity index (χ4n) is 4.00. The summed E-state index contributed by atoms with van der Waals surface area (Å²) in [5.41, 5.74) is 1.24. The van der Waals surface area contributed by atoms with Gasteiger partial charge in [0.1, 0.15) is 0 Å². The molecule has 6 heteroatoms. The van der Waals surface area contributed by atoms with Gasteiger partial charge in [-0.25, -0.2) is 0 Å². The summed E-state index contributed by atoms with van der Waals surface area (Å²) >= 11 is 0. The van der Waals surface area contributed by atoms with Crippen molar-refractivity contribution in [3.63, 3.8) is 0 Å². The molecule has 4 rings (SSSR count). The van der Waals surface area contributed by atoms with Crippen molar-refractivity contribution in [2.75, 3.05) is 13.1 Å². The second kappa shape index (κ2) is 6.42. The highest BCUT2D eigenvalue weighted by Crippen LogP contribution is 2.34. The van der Waals surface area contributed by atoms with E-state index in [1.165, 1.54) is 12.1 Å². The number of alkyl halides is 3. The summed E-state index contributed by atoms with van der Waals surface area (Å²) in [5, 5.41) is 0. The number of rotatable bonds is 4. The normalized spacial score (nSPS) is 24.1. The maximum absolute atomic E-state index is 12.9. The van der Waals surface area contributed by atoms with Crippen molar-refractivity contribution in [1.29, 1.82) is 0 Å². The van der Waals surface area contributed by atoms with Crippen molar-refractivity contribution in [3.05, 3.63) is 65.5 Å². The standard InChI is InChI=1S/C19H20F3N3/c20-19(21,22)15-5-3-4-14(8-15)10-24-12-18-9-17(24)13-25(18)11-16-6-1-2-7-23-16/h1-8,17-18H,9-13H2. The Labute approximate surface area is 145 Å². The van der Waals surface area contributed by atoms with E-state index in [1.807, 2.05) is 24.4 Å². The van der Waals surface area contributed by atoms with Gasteiger partial charge in [0.25, 0.3) is 0 Å². The maximum atomic E-state index is 12.9. The first-order chi connectivity index (χ1) is 12.0. The van der Waals surface area contributed by atoms with Gasteiger partial charge in [-0.2, -0.15) is 13.2 Å². The SMILES string of the molecule is FC(F)(F)c1cccc(CN2CC3CC2CN3Cc2ccccn2)c1. The fourth-order valence-corrected chi connectivity index (χ4v) is 4.00. The lowest BCUT2D eigenvalue weighted by Crippen LogP contribution is -2.45. The van der Waals surface area contributed by atoms with Crippen LogP contribution < -0.4 is 0 Å². The van der Waals surface area contributed by atoms with Gasteiger partial charge >= 0.3 is 6.18 Å². The van der Waals surface area contributed by atoms with E-state index in [0.717, 1.165) is 43.4 Å². The van der Waals surface area contributed by atoms with Gasteiger partial charge in [-0.15, -0.1) is 0 Å². The third kappa shape index (κ3) is 3.55. The lowest BCUT2D eigenvalue weighted by molar-refractivity contribution is -0.137. The Morgan fingerprint density at radius 2 is 1.72 bits per heavy atom. The topological polar surface area (TPSA) is 19.4 Å². The summed E-state index contributed by atoms with van der Waals surface area (Å²) in [7, 11) is 0. The number of aromatic nitrogens is 1. The van der Waals surface area contributed by atoms with Crippen molar-refractivity contribution >= 4 is 0 Å². The van der Waals surface area contributed by atoms with Crippen LogP contribution in [-0.4, -0.2) is 40.0 Å². The molecule has 2 unspecified atom stereocenters. The van der Waals surface area contributed by atoms with Crippen LogP contribution in [0.3, 0.4) is 0 Å². The Hall–Kier alpha value is -1.92. The Morgan fingerprint density at radius 3 is 2.36 bits per heavy atom. The van der Waals surface area contributed by atoms with E-state index in [0.29, 0.717) is 18.6 Å². The van der Waals surface area contributed by atoms with E-state index in [4.69, 9.17) is 0 Å². The summed E-state index contributed by atoms with van der Waals surface area (Å²) in [6.45, 7) is 3.30. The molecule has 0 saturated carbocycles. The number of fused-ring (bicyclic) bond motifs is 2. The molecule has 2 aliphatic heterocycles. The molecule has 2 bridgehead atoms. The minimum Gasteiger partial charge on any atom is -0.293 e. The van der Waals surface area contributed by atoms with Crippen LogP contribution in [0.5, 0.6) is 0 Å². The third-order valence-electron chi connectivity index (χ3n) is 5.20. The summed E-state index contributed by atoms with van der Waals surface area (Å²) in [6, 6.07) is 12.5. The molecule has 2 fully saturated rings. The van der Waals surface area contributed by atoms with Gasteiger partial charge in [-0.05, 0) is 30.2 Å². The highest BCUT2D eigenvalue weighted by molar-refractivity contribution is 5.26. The predicted octanol–water partition coefficient (Wildman–Crippen LogP) is 3.56. The Balaban J connectivity index is 1.38. The molecule has 0 amide bonds. The molecule has 2 saturated heterocycles. The second-order valence-electron chi connectivity index (χ2n) is 6.92. The van der Waals surface area contributed by atoms with E-state index in [9.17, 15) is 13.2 Å². The zero-order valence-corrected chi connectivity index (χ0v) is 13.8. The Bertz CT molecular complexity index is 732. The lowest BCUT2D eigenvalue weighted by atomic mass is 10.1. The van der Waals surface area contributed by atoms with Gasteiger partial charge in [0, 0.05) is 44.5 Å². The zero-order valence-electron chi connectivity index (χ0n) is 13.8. The molecule has 2 aliphatic rings. The Morgan fingerprint density at radius 1 is 0.960 bits per heavy atom. The fraction of sp³-hybridized carbons (Fsp3) is 0.421. The van der Waals surface area contributed by atoms with Crippen molar-refractivity contribution in [3.8, 4) is 0 Å². The van der Waals surface area contributed by atoms with E-state index in [-0.39, 0.29) is 0 Å². The number of hydrogen-bond acceptors (Lipinski definition) is 3. The number of pyridine rings is 1. The van der Waals surface area contributed by atoms with Crippen LogP contribution in [0.15, 0.2) is 48.7 Å². The Kier molecular flexibility index (Phi) is 4.25. The summed E-state index contributed by atoms with van der Waals surface area (Å²) in [4.78, 5) is 9.14. The van der Waals surface area contributed by atoms with Crippen LogP contribution in [0.2, 0.25) is 0 Å². The number of piperazine rings is 1. The molecule has 3 heterocycles. The summed E-state index contributed by atoms with van der Waals surface area (Å²) in [6.07, 6.45) is -1.38. The quantitative estimate of drug-likeness (QED) is 0.843. The van der Waals surface area contributed by atoms with Gasteiger partial charge in [-0.1, -0.05) is 24.3 Å². The average Bonchev–Trinajstić information content (AvgIpc) is 3.15. The van der Waals surface area contributed by atoms with Crippen LogP contribution >= 0.6 is 0 Å². The van der Waals surface area contributed by atoms with E-state index in [1.54, 1.807) is 6.07 Å². The van der Waals surface area contributed by atoms with E-state index >= 15 is 0 Å². The van der Waals surface area contributed by atoms with Crippen molar-refractivity contribution in [2.45, 2.75) is 37.8 Å². The molecule has 132 valence electrons. The molecule has 0 N–H and O–H groups in total. The minimum atomic E-state index is -4.28. The number of halogens is 3. The first-order valence-electron chi connectivity index (χ1n) is 8.53. The first kappa shape index (κ1) is 16.5. The molecule has 3 nitrogen and oxygen atoms in total. The van der Waals surface area contributed by atoms with Crippen LogP contribution in [0, 0.1) is 0 Å². The molecule has 25 heavy (non-hydrogen) atoms. The summed E-state index contributed by atoms with van der Waals surface area (Å²) < 4.78 is 38.6. The zero-order chi connectivity index (χ0) is 17.4. The maximum Gasteiger partial charge on any atom is 0.416 e. The number of benzene rings is 1. The van der Waals surface area contributed by atoms with Crippen molar-refractivity contribution in [2.24, 2.45) is 0 Å². The van der Waals surface area contributed by atoms with Crippen LogP contribution in [0.1, 0.15) is 23.2 Å². The van der Waals surface area contributed by atoms with Crippen molar-refractivity contribution < 1.29 is 13.2 Å². The molecule has 1 aromatic heterocycles. The van der Waals surface area contributed by atoms with E-state index < -0.39 is 11.7 Å². The van der Waals surface area contributed by atoms with Crippen LogP contribution in [0.4, 0.5) is 13.2 Å². The van der Waals surface area contributed by atoms with E-state index in [2.05, 4.69) is 14.8 Å². The molecule has 0 aliphatic carbocycles. The minimum absolute atomic E-state index is 0.420. The predicted molar refractivity (Wildman–Crippen MR) is 88.7 cm³/mol. The number of likely N-dealkylation sites (tertiary alicyclic amines) is 2. The average molecular weight is 347 g/mol. The molecule has 1 aromatic carbocycles. The van der Waals surface area contributed by atoms with Crippen LogP contribution in [0.25, 0.3) is 0 Å². The van der Waals surface area contributed by atoms with Gasteiger partial charge in [0.2, 0.25) is 0 Å². The number of hydrogen-bond donors (Lipinski definition) is 0. The largest absolute Gasteiger partial charge is 0.416 e. The van der Waals surface area contributed by atoms with Gasteiger partial charge in [-0.3, -0.25) is 14.8 Å². The monoisotopic (exact) mass is 347 g/mol. The second-order valence-corrected chi connectivity index (χ2v) is 6.92. The highest BCUT2D eigenvalue weighted by atomic mass is 19.4. The molecule has 2 aromatic rings. The first-order valence-corrected chi connectivity index (χ1v) is 8.53. The molecule has 0 spiro atoms. The molecule has 2 atom stereocenters. The molecular formula is C19H20F3N3. The lowest BCUT2D eigenvalue weighted by Gasteiger charge is -2.34. The number of nitrogens with zero attached hydrogens (tertiary/aromatic N) is 3.